The van der Waals surface area contributed by atoms with Crippen molar-refractivity contribution in [1.29, 1.82) is 0 Å². The van der Waals surface area contributed by atoms with Crippen LogP contribution in [0, 0.1) is 23.2 Å². The van der Waals surface area contributed by atoms with Gasteiger partial charge in [-0.3, -0.25) is 4.79 Å². The third kappa shape index (κ3) is 3.23. The monoisotopic (exact) mass is 307 g/mol. The number of urea groups is 1. The number of likely N-dealkylation sites (tertiary alicyclic amines) is 1. The van der Waals surface area contributed by atoms with E-state index in [0.29, 0.717) is 42.7 Å². The van der Waals surface area contributed by atoms with Crippen LogP contribution in [-0.2, 0) is 4.79 Å². The second-order valence-corrected chi connectivity index (χ2v) is 7.88. The molecule has 0 bridgehead atoms. The van der Waals surface area contributed by atoms with Crippen LogP contribution in [0.1, 0.15) is 46.0 Å². The van der Waals surface area contributed by atoms with Crippen molar-refractivity contribution in [2.45, 2.75) is 46.0 Å². The molecule has 1 saturated heterocycles. The summed E-state index contributed by atoms with van der Waals surface area (Å²) >= 11 is 0. The summed E-state index contributed by atoms with van der Waals surface area (Å²) in [4.78, 5) is 25.8. The Bertz CT molecular complexity index is 429. The summed E-state index contributed by atoms with van der Waals surface area (Å²) in [5.74, 6) is 2.08. The van der Waals surface area contributed by atoms with Crippen molar-refractivity contribution >= 4 is 11.9 Å². The minimum absolute atomic E-state index is 0.0213. The van der Waals surface area contributed by atoms with Gasteiger partial charge in [0.1, 0.15) is 0 Å². The van der Waals surface area contributed by atoms with E-state index in [-0.39, 0.29) is 11.9 Å². The van der Waals surface area contributed by atoms with E-state index in [4.69, 9.17) is 0 Å². The summed E-state index contributed by atoms with van der Waals surface area (Å²) in [6, 6.07) is 0.0213. The molecule has 0 aromatic carbocycles. The standard InChI is InChI=1S/C17H29N3O2/c1-17(2)13-10-20(11-14(13)17)16(22)19-8-7-18-15(21)9-12-5-3-4-6-12/h12-14H,3-11H2,1-2H3,(H,18,21)(H,19,22). The van der Waals surface area contributed by atoms with E-state index in [1.165, 1.54) is 25.7 Å². The molecule has 0 aromatic heterocycles. The number of amides is 3. The normalized spacial score (nSPS) is 29.3. The van der Waals surface area contributed by atoms with Gasteiger partial charge < -0.3 is 15.5 Å². The van der Waals surface area contributed by atoms with Gasteiger partial charge in [0.2, 0.25) is 5.91 Å². The number of rotatable bonds is 5. The van der Waals surface area contributed by atoms with Crippen molar-refractivity contribution in [2.24, 2.45) is 23.2 Å². The average Bonchev–Trinajstić information content (AvgIpc) is 2.95. The molecule has 3 amide bonds. The van der Waals surface area contributed by atoms with Gasteiger partial charge in [-0.1, -0.05) is 26.7 Å². The van der Waals surface area contributed by atoms with Crippen molar-refractivity contribution in [2.75, 3.05) is 26.2 Å². The molecule has 3 aliphatic rings. The maximum Gasteiger partial charge on any atom is 0.317 e. The zero-order chi connectivity index (χ0) is 15.7. The average molecular weight is 307 g/mol. The van der Waals surface area contributed by atoms with Gasteiger partial charge in [-0.2, -0.15) is 0 Å². The molecule has 2 N–H and O–H groups in total. The van der Waals surface area contributed by atoms with Crippen LogP contribution in [0.2, 0.25) is 0 Å². The van der Waals surface area contributed by atoms with Crippen LogP contribution in [0.4, 0.5) is 4.79 Å². The van der Waals surface area contributed by atoms with Crippen molar-refractivity contribution in [3.63, 3.8) is 0 Å². The van der Waals surface area contributed by atoms with Crippen LogP contribution >= 0.6 is 0 Å². The quantitative estimate of drug-likeness (QED) is 0.763. The van der Waals surface area contributed by atoms with E-state index in [1.807, 2.05) is 4.90 Å². The zero-order valence-corrected chi connectivity index (χ0v) is 13.9. The maximum atomic E-state index is 12.0. The van der Waals surface area contributed by atoms with E-state index >= 15 is 0 Å². The maximum absolute atomic E-state index is 12.0. The van der Waals surface area contributed by atoms with Gasteiger partial charge in [0.05, 0.1) is 0 Å². The Labute approximate surface area is 133 Å². The molecule has 1 aliphatic heterocycles. The lowest BCUT2D eigenvalue weighted by Gasteiger charge is -2.22. The van der Waals surface area contributed by atoms with Gasteiger partial charge >= 0.3 is 6.03 Å². The first-order valence-electron chi connectivity index (χ1n) is 8.78. The van der Waals surface area contributed by atoms with Gasteiger partial charge in [0, 0.05) is 32.6 Å². The highest BCUT2D eigenvalue weighted by atomic mass is 16.2. The molecule has 2 saturated carbocycles. The zero-order valence-electron chi connectivity index (χ0n) is 13.9. The second-order valence-electron chi connectivity index (χ2n) is 7.88. The predicted molar refractivity (Wildman–Crippen MR) is 85.3 cm³/mol. The summed E-state index contributed by atoms with van der Waals surface area (Å²) in [6.45, 7) is 7.40. The lowest BCUT2D eigenvalue weighted by molar-refractivity contribution is -0.121. The van der Waals surface area contributed by atoms with E-state index in [0.717, 1.165) is 13.1 Å². The minimum Gasteiger partial charge on any atom is -0.354 e. The van der Waals surface area contributed by atoms with Gasteiger partial charge in [-0.15, -0.1) is 0 Å². The van der Waals surface area contributed by atoms with Crippen molar-refractivity contribution < 1.29 is 9.59 Å². The predicted octanol–water partition coefficient (Wildman–Crippen LogP) is 1.98. The highest BCUT2D eigenvalue weighted by Gasteiger charge is 2.62. The highest BCUT2D eigenvalue weighted by molar-refractivity contribution is 5.77. The summed E-state index contributed by atoms with van der Waals surface area (Å²) in [6.07, 6.45) is 5.57. The Morgan fingerprint density at radius 1 is 1.05 bits per heavy atom. The van der Waals surface area contributed by atoms with Gasteiger partial charge in [-0.25, -0.2) is 4.79 Å². The van der Waals surface area contributed by atoms with Crippen LogP contribution in [0.25, 0.3) is 0 Å². The number of carbonyl (C=O) groups excluding carboxylic acids is 2. The lowest BCUT2D eigenvalue weighted by Crippen LogP contribution is -2.43. The number of piperidine rings is 1. The second kappa shape index (κ2) is 6.09. The molecule has 5 heteroatoms. The van der Waals surface area contributed by atoms with Gasteiger partial charge in [0.15, 0.2) is 0 Å². The summed E-state index contributed by atoms with van der Waals surface area (Å²) in [5, 5.41) is 5.83. The molecule has 2 unspecified atom stereocenters. The number of hydrogen-bond acceptors (Lipinski definition) is 2. The molecule has 3 fully saturated rings. The van der Waals surface area contributed by atoms with E-state index in [2.05, 4.69) is 24.5 Å². The van der Waals surface area contributed by atoms with E-state index < -0.39 is 0 Å². The molecule has 0 spiro atoms. The Morgan fingerprint density at radius 2 is 1.64 bits per heavy atom. The number of hydrogen-bond donors (Lipinski definition) is 2. The van der Waals surface area contributed by atoms with E-state index in [1.54, 1.807) is 0 Å². The topological polar surface area (TPSA) is 61.4 Å². The third-order valence-electron chi connectivity index (χ3n) is 6.08. The molecular weight excluding hydrogens is 278 g/mol. The molecule has 124 valence electrons. The Hall–Kier alpha value is -1.26. The molecule has 3 rings (SSSR count). The minimum atomic E-state index is 0.0213. The Morgan fingerprint density at radius 3 is 2.27 bits per heavy atom. The molecule has 5 nitrogen and oxygen atoms in total. The largest absolute Gasteiger partial charge is 0.354 e. The number of nitrogens with zero attached hydrogens (tertiary/aromatic N) is 1. The highest BCUT2D eigenvalue weighted by Crippen LogP contribution is 2.61. The number of fused-ring (bicyclic) bond motifs is 1. The summed E-state index contributed by atoms with van der Waals surface area (Å²) < 4.78 is 0. The molecule has 2 aliphatic carbocycles. The lowest BCUT2D eigenvalue weighted by atomic mass is 10.0. The first-order valence-corrected chi connectivity index (χ1v) is 8.78. The SMILES string of the molecule is CC1(C)C2CN(C(=O)NCCNC(=O)CC3CCCC3)CC21. The molecule has 2 atom stereocenters. The number of carbonyl (C=O) groups is 2. The molecule has 0 aromatic rings. The molecule has 1 heterocycles. The van der Waals surface area contributed by atoms with Crippen molar-refractivity contribution in [1.82, 2.24) is 15.5 Å². The van der Waals surface area contributed by atoms with Crippen molar-refractivity contribution in [3.05, 3.63) is 0 Å². The Kier molecular flexibility index (Phi) is 4.33. The summed E-state index contributed by atoms with van der Waals surface area (Å²) in [7, 11) is 0. The first-order chi connectivity index (χ1) is 10.5. The van der Waals surface area contributed by atoms with Crippen LogP contribution in [0.3, 0.4) is 0 Å². The fourth-order valence-electron chi connectivity index (χ4n) is 4.33. The first kappa shape index (κ1) is 15.6. The van der Waals surface area contributed by atoms with Crippen LogP contribution in [-0.4, -0.2) is 43.0 Å². The number of nitrogens with one attached hydrogen (secondary N) is 2. The Balaban J connectivity index is 1.26. The van der Waals surface area contributed by atoms with Crippen LogP contribution in [0.15, 0.2) is 0 Å². The molecule has 22 heavy (non-hydrogen) atoms. The third-order valence-corrected chi connectivity index (χ3v) is 6.08. The van der Waals surface area contributed by atoms with Crippen molar-refractivity contribution in [3.8, 4) is 0 Å². The fraction of sp³-hybridized carbons (Fsp3) is 0.882. The van der Waals surface area contributed by atoms with Crippen LogP contribution < -0.4 is 10.6 Å². The molecule has 0 radical (unpaired) electrons. The smallest absolute Gasteiger partial charge is 0.317 e. The fourth-order valence-corrected chi connectivity index (χ4v) is 4.33. The van der Waals surface area contributed by atoms with Gasteiger partial charge in [-0.05, 0) is 36.0 Å². The van der Waals surface area contributed by atoms with Gasteiger partial charge in [0.25, 0.3) is 0 Å². The van der Waals surface area contributed by atoms with Crippen LogP contribution in [0.5, 0.6) is 0 Å². The van der Waals surface area contributed by atoms with E-state index in [9.17, 15) is 9.59 Å². The molecular formula is C17H29N3O2. The summed E-state index contributed by atoms with van der Waals surface area (Å²) in [5.41, 5.74) is 0.436.